The maximum Gasteiger partial charge on any atom is 0.305 e. The first-order chi connectivity index (χ1) is 18.8. The smallest absolute Gasteiger partial charge is 0.305 e. The molecule has 1 aromatic heterocycles. The maximum atomic E-state index is 13.4. The first-order valence-electron chi connectivity index (χ1n) is 13.4. The van der Waals surface area contributed by atoms with E-state index in [1.807, 2.05) is 73.0 Å². The molecule has 0 radical (unpaired) electrons. The van der Waals surface area contributed by atoms with E-state index in [0.717, 1.165) is 40.8 Å². The highest BCUT2D eigenvalue weighted by Gasteiger charge is 2.29. The number of aromatic nitrogens is 1. The van der Waals surface area contributed by atoms with Crippen LogP contribution in [-0.2, 0) is 4.79 Å². The number of carbonyl (C=O) groups is 2. The van der Waals surface area contributed by atoms with E-state index >= 15 is 0 Å². The van der Waals surface area contributed by atoms with Crippen LogP contribution in [0.2, 0.25) is 5.02 Å². The van der Waals surface area contributed by atoms with Gasteiger partial charge in [-0.05, 0) is 75.2 Å². The van der Waals surface area contributed by atoms with Gasteiger partial charge in [-0.15, -0.1) is 12.4 Å². The van der Waals surface area contributed by atoms with Crippen LogP contribution in [0.4, 0.5) is 0 Å². The third-order valence-electron chi connectivity index (χ3n) is 6.74. The fourth-order valence-electron chi connectivity index (χ4n) is 4.44. The van der Waals surface area contributed by atoms with Gasteiger partial charge in [0.1, 0.15) is 11.4 Å². The number of carboxylic acids is 1. The quantitative estimate of drug-likeness (QED) is 0.229. The Morgan fingerprint density at radius 2 is 1.73 bits per heavy atom. The van der Waals surface area contributed by atoms with Gasteiger partial charge in [0.15, 0.2) is 0 Å². The Morgan fingerprint density at radius 3 is 2.34 bits per heavy atom. The number of hydrogen-bond acceptors (Lipinski definition) is 5. The molecule has 1 atom stereocenters. The topological polar surface area (TPSA) is 91.8 Å². The summed E-state index contributed by atoms with van der Waals surface area (Å²) in [6.45, 7) is 11.2. The molecule has 9 heteroatoms. The number of ether oxygens (including phenoxy) is 1. The molecule has 0 saturated carbocycles. The maximum absolute atomic E-state index is 13.4. The SMILES string of the molecule is Cc1ccc(-c2ccc(C(=O)N[C@@H](CC(=O)O)C(C)(C)C)nc2-c2ccc(Cl)c(OCCCN(C)C)c2)c(C)c1.Cl. The van der Waals surface area contributed by atoms with Crippen LogP contribution in [0.1, 0.15) is 55.2 Å². The molecule has 41 heavy (non-hydrogen) atoms. The van der Waals surface area contributed by atoms with Crippen molar-refractivity contribution >= 4 is 35.9 Å². The summed E-state index contributed by atoms with van der Waals surface area (Å²) >= 11 is 6.48. The molecule has 222 valence electrons. The molecule has 3 aromatic rings. The number of hydrogen-bond donors (Lipinski definition) is 2. The molecule has 3 rings (SSSR count). The molecule has 2 N–H and O–H groups in total. The largest absolute Gasteiger partial charge is 0.492 e. The molecular weight excluding hydrogens is 561 g/mol. The van der Waals surface area contributed by atoms with Gasteiger partial charge in [0.05, 0.1) is 23.7 Å². The van der Waals surface area contributed by atoms with Gasteiger partial charge < -0.3 is 20.1 Å². The Labute approximate surface area is 254 Å². The number of carboxylic acid groups (broad SMARTS) is 1. The Balaban J connectivity index is 0.00000588. The predicted molar refractivity (Wildman–Crippen MR) is 168 cm³/mol. The number of rotatable bonds is 11. The summed E-state index contributed by atoms with van der Waals surface area (Å²) in [4.78, 5) is 31.7. The lowest BCUT2D eigenvalue weighted by Gasteiger charge is -2.30. The zero-order chi connectivity index (χ0) is 29.6. The molecule has 0 bridgehead atoms. The van der Waals surface area contributed by atoms with Crippen molar-refractivity contribution in [1.82, 2.24) is 15.2 Å². The van der Waals surface area contributed by atoms with Crippen LogP contribution in [0.3, 0.4) is 0 Å². The third-order valence-corrected chi connectivity index (χ3v) is 7.05. The summed E-state index contributed by atoms with van der Waals surface area (Å²) in [7, 11) is 4.03. The van der Waals surface area contributed by atoms with Crippen molar-refractivity contribution in [1.29, 1.82) is 0 Å². The molecule has 0 aliphatic heterocycles. The Morgan fingerprint density at radius 1 is 1.05 bits per heavy atom. The number of nitrogens with one attached hydrogen (secondary N) is 1. The number of benzene rings is 2. The van der Waals surface area contributed by atoms with Crippen molar-refractivity contribution in [2.75, 3.05) is 27.2 Å². The van der Waals surface area contributed by atoms with Crippen LogP contribution in [-0.4, -0.2) is 60.2 Å². The minimum absolute atomic E-state index is 0. The summed E-state index contributed by atoms with van der Waals surface area (Å²) < 4.78 is 6.02. The van der Waals surface area contributed by atoms with Gasteiger partial charge in [0.2, 0.25) is 0 Å². The summed E-state index contributed by atoms with van der Waals surface area (Å²) in [5, 5.41) is 12.8. The molecule has 0 saturated heterocycles. The van der Waals surface area contributed by atoms with Crippen LogP contribution < -0.4 is 10.1 Å². The van der Waals surface area contributed by atoms with Gasteiger partial charge in [0, 0.05) is 23.7 Å². The standard InChI is InChI=1S/C32H40ClN3O4.ClH/c1-20-9-11-23(21(2)17-20)24-12-14-26(31(39)35-28(19-29(37)38)32(3,4)5)34-30(24)22-10-13-25(33)27(18-22)40-16-8-15-36(6)7;/h9-14,17-18,28H,8,15-16,19H2,1-7H3,(H,35,39)(H,37,38);1H/t28-;/m0./s1. The summed E-state index contributed by atoms with van der Waals surface area (Å²) in [6.07, 6.45) is 0.662. The van der Waals surface area contributed by atoms with Gasteiger partial charge in [-0.1, -0.05) is 62.2 Å². The van der Waals surface area contributed by atoms with Crippen molar-refractivity contribution in [2.45, 2.75) is 53.5 Å². The van der Waals surface area contributed by atoms with Gasteiger partial charge in [-0.3, -0.25) is 9.59 Å². The number of aliphatic carboxylic acids is 1. The molecule has 0 aliphatic rings. The van der Waals surface area contributed by atoms with Crippen LogP contribution in [0.25, 0.3) is 22.4 Å². The third kappa shape index (κ3) is 9.45. The van der Waals surface area contributed by atoms with Crippen molar-refractivity contribution in [3.8, 4) is 28.1 Å². The molecule has 7 nitrogen and oxygen atoms in total. The number of nitrogens with zero attached hydrogens (tertiary/aromatic N) is 2. The average Bonchev–Trinajstić information content (AvgIpc) is 2.86. The number of halogens is 2. The lowest BCUT2D eigenvalue weighted by Crippen LogP contribution is -2.45. The lowest BCUT2D eigenvalue weighted by molar-refractivity contribution is -0.138. The van der Waals surface area contributed by atoms with E-state index in [9.17, 15) is 14.7 Å². The van der Waals surface area contributed by atoms with Gasteiger partial charge in [0.25, 0.3) is 5.91 Å². The Bertz CT molecular complexity index is 1370. The van der Waals surface area contributed by atoms with E-state index in [4.69, 9.17) is 21.3 Å². The normalized spacial score (nSPS) is 12.0. The van der Waals surface area contributed by atoms with E-state index < -0.39 is 23.3 Å². The summed E-state index contributed by atoms with van der Waals surface area (Å²) in [5.74, 6) is -0.850. The Kier molecular flexibility index (Phi) is 12.2. The molecule has 1 amide bonds. The van der Waals surface area contributed by atoms with Crippen LogP contribution in [0, 0.1) is 19.3 Å². The number of carbonyl (C=O) groups excluding carboxylic acids is 1. The van der Waals surface area contributed by atoms with Crippen molar-refractivity contribution in [3.63, 3.8) is 0 Å². The zero-order valence-corrected chi connectivity index (χ0v) is 26.4. The molecular formula is C32H41Cl2N3O4. The van der Waals surface area contributed by atoms with E-state index in [1.54, 1.807) is 12.1 Å². The van der Waals surface area contributed by atoms with Crippen molar-refractivity contribution in [2.24, 2.45) is 5.41 Å². The highest BCUT2D eigenvalue weighted by atomic mass is 35.5. The second-order valence-corrected chi connectivity index (χ2v) is 12.0. The van der Waals surface area contributed by atoms with E-state index in [1.165, 1.54) is 0 Å². The van der Waals surface area contributed by atoms with E-state index in [2.05, 4.69) is 22.3 Å². The average molecular weight is 603 g/mol. The molecule has 1 heterocycles. The van der Waals surface area contributed by atoms with Gasteiger partial charge >= 0.3 is 5.97 Å². The number of amides is 1. The molecule has 0 unspecified atom stereocenters. The van der Waals surface area contributed by atoms with Crippen LogP contribution in [0.15, 0.2) is 48.5 Å². The minimum Gasteiger partial charge on any atom is -0.492 e. The first kappa shape index (κ1) is 34.1. The Hall–Kier alpha value is -3.13. The zero-order valence-electron chi connectivity index (χ0n) is 24.9. The first-order valence-corrected chi connectivity index (χ1v) is 13.8. The van der Waals surface area contributed by atoms with E-state index in [0.29, 0.717) is 23.1 Å². The lowest BCUT2D eigenvalue weighted by atomic mass is 9.84. The van der Waals surface area contributed by atoms with Crippen LogP contribution in [0.5, 0.6) is 5.75 Å². The second kappa shape index (κ2) is 14.7. The minimum atomic E-state index is -0.974. The fraction of sp³-hybridized carbons (Fsp3) is 0.406. The molecule has 0 spiro atoms. The second-order valence-electron chi connectivity index (χ2n) is 11.6. The van der Waals surface area contributed by atoms with E-state index in [-0.39, 0.29) is 24.5 Å². The fourth-order valence-corrected chi connectivity index (χ4v) is 4.62. The highest BCUT2D eigenvalue weighted by molar-refractivity contribution is 6.32. The molecule has 2 aromatic carbocycles. The summed E-state index contributed by atoms with van der Waals surface area (Å²) in [5.41, 5.74) is 5.22. The predicted octanol–water partition coefficient (Wildman–Crippen LogP) is 7.06. The molecule has 0 aliphatic carbocycles. The monoisotopic (exact) mass is 601 g/mol. The summed E-state index contributed by atoms with van der Waals surface area (Å²) in [6, 6.07) is 14.7. The van der Waals surface area contributed by atoms with Crippen molar-refractivity contribution < 1.29 is 19.4 Å². The van der Waals surface area contributed by atoms with Gasteiger partial charge in [-0.2, -0.15) is 0 Å². The van der Waals surface area contributed by atoms with Crippen molar-refractivity contribution in [3.05, 3.63) is 70.4 Å². The van der Waals surface area contributed by atoms with Crippen LogP contribution >= 0.6 is 24.0 Å². The highest BCUT2D eigenvalue weighted by Crippen LogP contribution is 2.37. The number of pyridine rings is 1. The number of aryl methyl sites for hydroxylation is 2. The van der Waals surface area contributed by atoms with Gasteiger partial charge in [-0.25, -0.2) is 4.98 Å². The molecule has 0 fully saturated rings.